The maximum absolute atomic E-state index is 12.6. The highest BCUT2D eigenvalue weighted by Gasteiger charge is 2.59. The van der Waals surface area contributed by atoms with Crippen LogP contribution in [0.15, 0.2) is 54.6 Å². The van der Waals surface area contributed by atoms with Crippen LogP contribution < -0.4 is 4.74 Å². The Bertz CT molecular complexity index is 965. The molecule has 2 bridgehead atoms. The number of likely N-dealkylation sites (tertiary alicyclic amines) is 1. The lowest BCUT2D eigenvalue weighted by atomic mass is 9.85. The Labute approximate surface area is 156 Å². The molecule has 1 aliphatic heterocycles. The third kappa shape index (κ3) is 2.57. The zero-order chi connectivity index (χ0) is 18.5. The molecule has 3 aliphatic rings. The van der Waals surface area contributed by atoms with E-state index < -0.39 is 5.97 Å². The van der Waals surface area contributed by atoms with Gasteiger partial charge in [-0.3, -0.25) is 19.3 Å². The molecule has 27 heavy (non-hydrogen) atoms. The molecule has 2 fully saturated rings. The highest BCUT2D eigenvalue weighted by Crippen LogP contribution is 2.52. The monoisotopic (exact) mass is 361 g/mol. The molecule has 0 N–H and O–H groups in total. The van der Waals surface area contributed by atoms with E-state index >= 15 is 0 Å². The van der Waals surface area contributed by atoms with Crippen LogP contribution in [0.1, 0.15) is 12.8 Å². The predicted octanol–water partition coefficient (Wildman–Crippen LogP) is 2.94. The highest BCUT2D eigenvalue weighted by molar-refractivity contribution is 6.06. The van der Waals surface area contributed by atoms with Crippen LogP contribution >= 0.6 is 0 Å². The minimum atomic E-state index is -0.441. The van der Waals surface area contributed by atoms with Crippen molar-refractivity contribution in [2.45, 2.75) is 12.8 Å². The van der Waals surface area contributed by atoms with Crippen LogP contribution in [-0.4, -0.2) is 29.2 Å². The van der Waals surface area contributed by atoms with Crippen molar-refractivity contribution in [1.29, 1.82) is 0 Å². The number of allylic oxidation sites excluding steroid dienone is 2. The summed E-state index contributed by atoms with van der Waals surface area (Å²) < 4.78 is 5.40. The minimum absolute atomic E-state index is 0.00646. The fourth-order valence-corrected chi connectivity index (χ4v) is 4.80. The Hall–Kier alpha value is -2.95. The van der Waals surface area contributed by atoms with E-state index in [2.05, 4.69) is 12.2 Å². The second-order valence-electron chi connectivity index (χ2n) is 7.56. The average Bonchev–Trinajstić information content (AvgIpc) is 3.35. The van der Waals surface area contributed by atoms with Crippen LogP contribution in [0.2, 0.25) is 0 Å². The molecule has 0 aromatic heterocycles. The van der Waals surface area contributed by atoms with E-state index in [9.17, 15) is 14.4 Å². The first-order chi connectivity index (χ1) is 13.1. The van der Waals surface area contributed by atoms with E-state index in [0.29, 0.717) is 5.75 Å². The van der Waals surface area contributed by atoms with Crippen LogP contribution in [-0.2, 0) is 14.4 Å². The summed E-state index contributed by atoms with van der Waals surface area (Å²) in [5.74, 6) is -0.286. The zero-order valence-electron chi connectivity index (χ0n) is 14.7. The second-order valence-corrected chi connectivity index (χ2v) is 7.56. The summed E-state index contributed by atoms with van der Waals surface area (Å²) in [5, 5.41) is 2.06. The molecule has 136 valence electrons. The van der Waals surface area contributed by atoms with E-state index in [4.69, 9.17) is 4.74 Å². The molecule has 1 saturated carbocycles. The summed E-state index contributed by atoms with van der Waals surface area (Å²) in [6, 6.07) is 13.3. The first-order valence-corrected chi connectivity index (χ1v) is 9.35. The van der Waals surface area contributed by atoms with Gasteiger partial charge in [0.1, 0.15) is 5.75 Å². The van der Waals surface area contributed by atoms with Gasteiger partial charge in [0.25, 0.3) is 0 Å². The number of amides is 2. The van der Waals surface area contributed by atoms with Crippen LogP contribution in [0.25, 0.3) is 10.8 Å². The number of carbonyl (C=O) groups excluding carboxylic acids is 3. The van der Waals surface area contributed by atoms with Gasteiger partial charge in [0.15, 0.2) is 0 Å². The number of hydrogen-bond acceptors (Lipinski definition) is 4. The highest BCUT2D eigenvalue weighted by atomic mass is 16.5. The van der Waals surface area contributed by atoms with Crippen LogP contribution in [0.3, 0.4) is 0 Å². The second kappa shape index (κ2) is 6.05. The Morgan fingerprint density at radius 1 is 0.963 bits per heavy atom. The van der Waals surface area contributed by atoms with Crippen molar-refractivity contribution < 1.29 is 19.1 Å². The summed E-state index contributed by atoms with van der Waals surface area (Å²) in [5.41, 5.74) is 0. The fraction of sp³-hybridized carbons (Fsp3) is 0.318. The molecule has 1 heterocycles. The Morgan fingerprint density at radius 2 is 1.63 bits per heavy atom. The first kappa shape index (κ1) is 16.2. The van der Waals surface area contributed by atoms with Crippen molar-refractivity contribution >= 4 is 28.6 Å². The number of fused-ring (bicyclic) bond motifs is 6. The Morgan fingerprint density at radius 3 is 2.33 bits per heavy atom. The number of benzene rings is 2. The predicted molar refractivity (Wildman–Crippen MR) is 98.6 cm³/mol. The van der Waals surface area contributed by atoms with Gasteiger partial charge in [-0.2, -0.15) is 0 Å². The third-order valence-corrected chi connectivity index (χ3v) is 6.05. The summed E-state index contributed by atoms with van der Waals surface area (Å²) in [7, 11) is 0. The van der Waals surface area contributed by atoms with Crippen molar-refractivity contribution in [2.75, 3.05) is 6.54 Å². The maximum atomic E-state index is 12.6. The molecule has 2 aromatic rings. The molecule has 0 unspecified atom stereocenters. The lowest BCUT2D eigenvalue weighted by Gasteiger charge is -2.16. The standard InChI is InChI=1S/C22H19NO4/c24-18(27-17-8-7-13-3-1-2-4-14(13)12-17)9-10-23-21(25)19-15-5-6-16(11-15)20(19)22(23)26/h1-8,12,15-16,19-20H,9-11H2/t15-,16+,19-,20+. The van der Waals surface area contributed by atoms with Crippen LogP contribution in [0.5, 0.6) is 5.75 Å². The van der Waals surface area contributed by atoms with Gasteiger partial charge in [-0.15, -0.1) is 0 Å². The molecular weight excluding hydrogens is 342 g/mol. The number of carbonyl (C=O) groups is 3. The molecule has 1 saturated heterocycles. The van der Waals surface area contributed by atoms with Gasteiger partial charge in [-0.1, -0.05) is 42.5 Å². The lowest BCUT2D eigenvalue weighted by Crippen LogP contribution is -2.35. The molecule has 0 radical (unpaired) electrons. The van der Waals surface area contributed by atoms with Crippen LogP contribution in [0.4, 0.5) is 0 Å². The SMILES string of the molecule is O=C(CCN1C(=O)[C@@H]2[C@H](C1=O)[C@@H]1C=C[C@H]2C1)Oc1ccc2ccccc2c1. The maximum Gasteiger partial charge on any atom is 0.312 e. The number of rotatable bonds is 4. The van der Waals surface area contributed by atoms with Crippen molar-refractivity contribution in [3.05, 3.63) is 54.6 Å². The van der Waals surface area contributed by atoms with Crippen molar-refractivity contribution in [1.82, 2.24) is 4.90 Å². The van der Waals surface area contributed by atoms with Gasteiger partial charge in [-0.25, -0.2) is 0 Å². The smallest absolute Gasteiger partial charge is 0.312 e. The summed E-state index contributed by atoms with van der Waals surface area (Å²) in [6.45, 7) is 0.0938. The van der Waals surface area contributed by atoms with Gasteiger partial charge in [-0.05, 0) is 41.2 Å². The van der Waals surface area contributed by atoms with Crippen molar-refractivity contribution in [2.24, 2.45) is 23.7 Å². The van der Waals surface area contributed by atoms with E-state index in [1.165, 1.54) is 4.90 Å². The van der Waals surface area contributed by atoms with E-state index in [1.54, 1.807) is 6.07 Å². The molecule has 2 amide bonds. The zero-order valence-corrected chi connectivity index (χ0v) is 14.7. The van der Waals surface area contributed by atoms with Gasteiger partial charge < -0.3 is 4.74 Å². The Kier molecular flexibility index (Phi) is 3.64. The molecule has 2 aliphatic carbocycles. The number of ether oxygens (including phenoxy) is 1. The summed E-state index contributed by atoms with van der Waals surface area (Å²) >= 11 is 0. The van der Waals surface area contributed by atoms with Gasteiger partial charge >= 0.3 is 5.97 Å². The van der Waals surface area contributed by atoms with Gasteiger partial charge in [0.05, 0.1) is 18.3 Å². The third-order valence-electron chi connectivity index (χ3n) is 6.05. The quantitative estimate of drug-likeness (QED) is 0.364. The summed E-state index contributed by atoms with van der Waals surface area (Å²) in [6.07, 6.45) is 5.04. The molecule has 0 spiro atoms. The van der Waals surface area contributed by atoms with Gasteiger partial charge in [0.2, 0.25) is 11.8 Å². The van der Waals surface area contributed by atoms with Crippen molar-refractivity contribution in [3.8, 4) is 5.75 Å². The minimum Gasteiger partial charge on any atom is -0.426 e. The number of imide groups is 1. The summed E-state index contributed by atoms with van der Waals surface area (Å²) in [4.78, 5) is 38.7. The number of hydrogen-bond donors (Lipinski definition) is 0. The molecular formula is C22H19NO4. The molecule has 5 rings (SSSR count). The average molecular weight is 361 g/mol. The lowest BCUT2D eigenvalue weighted by molar-refractivity contribution is -0.142. The van der Waals surface area contributed by atoms with Crippen LogP contribution in [0, 0.1) is 23.7 Å². The van der Waals surface area contributed by atoms with Crippen molar-refractivity contribution in [3.63, 3.8) is 0 Å². The molecule has 4 atom stereocenters. The van der Waals surface area contributed by atoms with E-state index in [0.717, 1.165) is 17.2 Å². The number of esters is 1. The van der Waals surface area contributed by atoms with E-state index in [1.807, 2.05) is 36.4 Å². The molecule has 5 nitrogen and oxygen atoms in total. The Balaban J connectivity index is 1.23. The number of nitrogens with zero attached hydrogens (tertiary/aromatic N) is 1. The fourth-order valence-electron chi connectivity index (χ4n) is 4.80. The first-order valence-electron chi connectivity index (χ1n) is 9.35. The van der Waals surface area contributed by atoms with Gasteiger partial charge in [0, 0.05) is 6.54 Å². The largest absolute Gasteiger partial charge is 0.426 e. The topological polar surface area (TPSA) is 63.7 Å². The molecule has 2 aromatic carbocycles. The normalized spacial score (nSPS) is 28.2. The molecule has 5 heteroatoms. The van der Waals surface area contributed by atoms with E-state index in [-0.39, 0.29) is 48.5 Å².